The third kappa shape index (κ3) is 11.6. The van der Waals surface area contributed by atoms with Crippen molar-refractivity contribution in [3.63, 3.8) is 0 Å². The highest BCUT2D eigenvalue weighted by molar-refractivity contribution is 14.0. The van der Waals surface area contributed by atoms with E-state index >= 15 is 0 Å². The van der Waals surface area contributed by atoms with Gasteiger partial charge in [-0.25, -0.2) is 4.79 Å². The number of nitrogens with one attached hydrogen (secondary N) is 3. The fourth-order valence-corrected chi connectivity index (χ4v) is 3.22. The third-order valence-electron chi connectivity index (χ3n) is 4.59. The lowest BCUT2D eigenvalue weighted by atomic mass is 10.00. The van der Waals surface area contributed by atoms with E-state index in [2.05, 4.69) is 35.0 Å². The van der Waals surface area contributed by atoms with Gasteiger partial charge in [-0.3, -0.25) is 4.99 Å². The van der Waals surface area contributed by atoms with Crippen LogP contribution >= 0.6 is 24.0 Å². The first-order valence-corrected chi connectivity index (χ1v) is 11.0. The number of aliphatic imine (C=N–C) groups is 1. The van der Waals surface area contributed by atoms with Crippen molar-refractivity contribution in [1.82, 2.24) is 21.1 Å². The summed E-state index contributed by atoms with van der Waals surface area (Å²) in [5.74, 6) is 1.78. The summed E-state index contributed by atoms with van der Waals surface area (Å²) in [7, 11) is 0. The number of unbranched alkanes of at least 4 members (excludes halogenated alkanes) is 1. The minimum absolute atomic E-state index is 0. The lowest BCUT2D eigenvalue weighted by Crippen LogP contribution is -2.49. The maximum absolute atomic E-state index is 12.0. The average molecular weight is 552 g/mol. The van der Waals surface area contributed by atoms with Gasteiger partial charge in [0, 0.05) is 37.2 Å². The first-order valence-electron chi connectivity index (χ1n) is 11.0. The summed E-state index contributed by atoms with van der Waals surface area (Å²) in [6.45, 7) is 17.6. The van der Waals surface area contributed by atoms with E-state index in [0.717, 1.165) is 48.8 Å². The highest BCUT2D eigenvalue weighted by Gasteiger charge is 2.19. The average Bonchev–Trinajstić information content (AvgIpc) is 2.98. The van der Waals surface area contributed by atoms with Gasteiger partial charge < -0.3 is 25.2 Å². The number of carbonyl (C=O) groups excluding carboxylic acids is 1. The van der Waals surface area contributed by atoms with Crippen LogP contribution in [0, 0.1) is 13.8 Å². The normalized spacial score (nSPS) is 13.7. The second-order valence-electron chi connectivity index (χ2n) is 8.72. The number of carbonyl (C=O) groups is 1. The largest absolute Gasteiger partial charge is 0.444 e. The number of halogens is 1. The molecule has 180 valence electrons. The maximum Gasteiger partial charge on any atom is 0.407 e. The number of rotatable bonds is 10. The Kier molecular flexibility index (Phi) is 13.8. The predicted molar refractivity (Wildman–Crippen MR) is 136 cm³/mol. The number of aryl methyl sites for hydroxylation is 2. The van der Waals surface area contributed by atoms with Gasteiger partial charge in [-0.2, -0.15) is 0 Å². The van der Waals surface area contributed by atoms with Crippen LogP contribution in [0.5, 0.6) is 0 Å². The number of nitrogens with zero attached hydrogens (tertiary/aromatic N) is 2. The Bertz CT molecular complexity index is 666. The Morgan fingerprint density at radius 3 is 2.42 bits per heavy atom. The molecule has 0 fully saturated rings. The van der Waals surface area contributed by atoms with Crippen LogP contribution in [0.15, 0.2) is 9.52 Å². The topological polar surface area (TPSA) is 101 Å². The van der Waals surface area contributed by atoms with Crippen molar-refractivity contribution >= 4 is 36.0 Å². The van der Waals surface area contributed by atoms with Crippen LogP contribution in [0.2, 0.25) is 0 Å². The molecule has 2 unspecified atom stereocenters. The van der Waals surface area contributed by atoms with E-state index in [1.165, 1.54) is 0 Å². The fraction of sp³-hybridized carbons (Fsp3) is 0.773. The first kappa shape index (κ1) is 29.5. The molecular weight excluding hydrogens is 509 g/mol. The standard InChI is InChI=1S/C22H41N5O3.HI/c1-9-11-12-18(14-25-21(28)29-22(6,7)8)26-20(23-10-2)24-13-15(3)19-16(4)27-30-17(19)5;/h15,18H,9-14H2,1-8H3,(H,25,28)(H2,23,24,26);1H. The zero-order valence-electron chi connectivity index (χ0n) is 20.4. The molecule has 1 rings (SSSR count). The molecule has 1 aromatic rings. The van der Waals surface area contributed by atoms with Gasteiger partial charge in [-0.15, -0.1) is 24.0 Å². The summed E-state index contributed by atoms with van der Waals surface area (Å²) >= 11 is 0. The number of hydrogen-bond acceptors (Lipinski definition) is 5. The Hall–Kier alpha value is -1.52. The van der Waals surface area contributed by atoms with Gasteiger partial charge in [-0.05, 0) is 48.0 Å². The van der Waals surface area contributed by atoms with E-state index in [1.807, 2.05) is 41.5 Å². The van der Waals surface area contributed by atoms with Gasteiger partial charge in [0.05, 0.1) is 5.69 Å². The van der Waals surface area contributed by atoms with Crippen LogP contribution < -0.4 is 16.0 Å². The van der Waals surface area contributed by atoms with Gasteiger partial charge >= 0.3 is 6.09 Å². The van der Waals surface area contributed by atoms with Crippen molar-refractivity contribution in [2.75, 3.05) is 19.6 Å². The molecule has 0 aliphatic heterocycles. The molecule has 0 saturated carbocycles. The molecule has 9 heteroatoms. The molecule has 3 N–H and O–H groups in total. The van der Waals surface area contributed by atoms with Crippen molar-refractivity contribution in [2.45, 2.75) is 92.2 Å². The lowest BCUT2D eigenvalue weighted by molar-refractivity contribution is 0.0522. The number of aromatic nitrogens is 1. The van der Waals surface area contributed by atoms with Crippen molar-refractivity contribution < 1.29 is 14.1 Å². The number of guanidine groups is 1. The lowest BCUT2D eigenvalue weighted by Gasteiger charge is -2.24. The van der Waals surface area contributed by atoms with Crippen LogP contribution in [0.4, 0.5) is 4.79 Å². The molecule has 0 aliphatic carbocycles. The summed E-state index contributed by atoms with van der Waals surface area (Å²) in [4.78, 5) is 16.8. The molecule has 0 saturated heterocycles. The van der Waals surface area contributed by atoms with Gasteiger partial charge in [0.1, 0.15) is 11.4 Å². The Morgan fingerprint density at radius 2 is 1.90 bits per heavy atom. The molecule has 0 aliphatic rings. The van der Waals surface area contributed by atoms with Crippen LogP contribution in [-0.2, 0) is 4.74 Å². The Labute approximate surface area is 204 Å². The number of amides is 1. The zero-order chi connectivity index (χ0) is 22.7. The number of alkyl carbamates (subject to hydrolysis) is 1. The first-order chi connectivity index (χ1) is 14.1. The molecular formula is C22H42IN5O3. The van der Waals surface area contributed by atoms with E-state index in [0.29, 0.717) is 13.1 Å². The summed E-state index contributed by atoms with van der Waals surface area (Å²) in [6, 6.07) is 0.0599. The second kappa shape index (κ2) is 14.5. The highest BCUT2D eigenvalue weighted by Crippen LogP contribution is 2.23. The van der Waals surface area contributed by atoms with Crippen LogP contribution in [0.1, 0.15) is 83.7 Å². The van der Waals surface area contributed by atoms with Gasteiger partial charge in [0.2, 0.25) is 0 Å². The SMILES string of the molecule is CCCCC(CNC(=O)OC(C)(C)C)NC(=NCC(C)c1c(C)noc1C)NCC.I. The Balaban J connectivity index is 0.00000900. The second-order valence-corrected chi connectivity index (χ2v) is 8.72. The third-order valence-corrected chi connectivity index (χ3v) is 4.59. The molecule has 0 aromatic carbocycles. The monoisotopic (exact) mass is 551 g/mol. The number of hydrogen-bond donors (Lipinski definition) is 3. The van der Waals surface area contributed by atoms with Gasteiger partial charge in [0.25, 0.3) is 0 Å². The molecule has 8 nitrogen and oxygen atoms in total. The summed E-state index contributed by atoms with van der Waals surface area (Å²) in [6.07, 6.45) is 2.67. The summed E-state index contributed by atoms with van der Waals surface area (Å²) in [5.41, 5.74) is 1.51. The van der Waals surface area contributed by atoms with E-state index in [9.17, 15) is 4.79 Å². The molecule has 31 heavy (non-hydrogen) atoms. The smallest absolute Gasteiger partial charge is 0.407 e. The predicted octanol–water partition coefficient (Wildman–Crippen LogP) is 4.65. The minimum atomic E-state index is -0.513. The van der Waals surface area contributed by atoms with Gasteiger partial charge in [0.15, 0.2) is 5.96 Å². The summed E-state index contributed by atoms with van der Waals surface area (Å²) in [5, 5.41) is 13.7. The number of ether oxygens (including phenoxy) is 1. The Morgan fingerprint density at radius 1 is 1.23 bits per heavy atom. The molecule has 0 radical (unpaired) electrons. The van der Waals surface area contributed by atoms with Crippen LogP contribution in [0.3, 0.4) is 0 Å². The quantitative estimate of drug-likeness (QED) is 0.222. The summed E-state index contributed by atoms with van der Waals surface area (Å²) < 4.78 is 10.6. The van der Waals surface area contributed by atoms with Crippen LogP contribution in [0.25, 0.3) is 0 Å². The zero-order valence-corrected chi connectivity index (χ0v) is 22.8. The van der Waals surface area contributed by atoms with Crippen molar-refractivity contribution in [3.8, 4) is 0 Å². The molecule has 0 spiro atoms. The minimum Gasteiger partial charge on any atom is -0.444 e. The van der Waals surface area contributed by atoms with Crippen molar-refractivity contribution in [3.05, 3.63) is 17.0 Å². The van der Waals surface area contributed by atoms with Crippen molar-refractivity contribution in [1.29, 1.82) is 0 Å². The van der Waals surface area contributed by atoms with E-state index in [1.54, 1.807) is 0 Å². The van der Waals surface area contributed by atoms with E-state index < -0.39 is 11.7 Å². The van der Waals surface area contributed by atoms with Gasteiger partial charge in [-0.1, -0.05) is 31.8 Å². The molecule has 1 aromatic heterocycles. The molecule has 0 bridgehead atoms. The highest BCUT2D eigenvalue weighted by atomic mass is 127. The molecule has 2 atom stereocenters. The fourth-order valence-electron chi connectivity index (χ4n) is 3.22. The van der Waals surface area contributed by atoms with E-state index in [4.69, 9.17) is 14.3 Å². The molecule has 1 heterocycles. The maximum atomic E-state index is 12.0. The van der Waals surface area contributed by atoms with Crippen molar-refractivity contribution in [2.24, 2.45) is 4.99 Å². The molecule has 1 amide bonds. The van der Waals surface area contributed by atoms with E-state index in [-0.39, 0.29) is 35.9 Å². The van der Waals surface area contributed by atoms with Crippen LogP contribution in [-0.4, -0.2) is 48.5 Å².